The van der Waals surface area contributed by atoms with E-state index in [9.17, 15) is 0 Å². The van der Waals surface area contributed by atoms with Crippen LogP contribution in [-0.2, 0) is 0 Å². The normalized spacial score (nSPS) is 10.8. The third-order valence-corrected chi connectivity index (χ3v) is 1.66. The molecule has 12 heavy (non-hydrogen) atoms. The van der Waals surface area contributed by atoms with Crippen LogP contribution in [0.4, 0.5) is 0 Å². The van der Waals surface area contributed by atoms with Crippen LogP contribution in [0, 0.1) is 0 Å². The molecule has 0 unspecified atom stereocenters. The van der Waals surface area contributed by atoms with Gasteiger partial charge in [0.1, 0.15) is 5.75 Å². The largest absolute Gasteiger partial charge is 0.508 e. The Morgan fingerprint density at radius 1 is 1.25 bits per heavy atom. The minimum absolute atomic E-state index is 0.322. The van der Waals surface area contributed by atoms with Crippen LogP contribution >= 0.6 is 0 Å². The molecule has 0 fully saturated rings. The van der Waals surface area contributed by atoms with Gasteiger partial charge in [0.05, 0.1) is 0 Å². The fourth-order valence-electron chi connectivity index (χ4n) is 0.972. The van der Waals surface area contributed by atoms with Crippen LogP contribution in [0.2, 0.25) is 0 Å². The minimum Gasteiger partial charge on any atom is -0.508 e. The number of hydrogen-bond donors (Lipinski definition) is 1. The highest BCUT2D eigenvalue weighted by Crippen LogP contribution is 2.10. The molecule has 1 heteroatoms. The molecule has 0 saturated carbocycles. The summed E-state index contributed by atoms with van der Waals surface area (Å²) in [5, 5.41) is 9.00. The molecule has 1 aromatic carbocycles. The van der Waals surface area contributed by atoms with Gasteiger partial charge < -0.3 is 5.11 Å². The van der Waals surface area contributed by atoms with E-state index in [2.05, 4.69) is 19.1 Å². The van der Waals surface area contributed by atoms with Crippen LogP contribution in [-0.4, -0.2) is 5.11 Å². The van der Waals surface area contributed by atoms with Gasteiger partial charge in [0.2, 0.25) is 0 Å². The molecule has 64 valence electrons. The Balaban J connectivity index is 2.58. The fourth-order valence-corrected chi connectivity index (χ4v) is 0.972. The SMILES string of the molecule is CCC/C=C\c1ccc(O)cc1. The smallest absolute Gasteiger partial charge is 0.115 e. The summed E-state index contributed by atoms with van der Waals surface area (Å²) in [5.74, 6) is 0.322. The van der Waals surface area contributed by atoms with Crippen LogP contribution in [0.15, 0.2) is 30.3 Å². The van der Waals surface area contributed by atoms with Crippen molar-refractivity contribution < 1.29 is 5.11 Å². The van der Waals surface area contributed by atoms with Crippen molar-refractivity contribution in [1.82, 2.24) is 0 Å². The summed E-state index contributed by atoms with van der Waals surface area (Å²) in [7, 11) is 0. The number of allylic oxidation sites excluding steroid dienone is 1. The molecule has 0 aliphatic heterocycles. The predicted molar refractivity (Wildman–Crippen MR) is 52.0 cm³/mol. The lowest BCUT2D eigenvalue weighted by Crippen LogP contribution is -1.70. The van der Waals surface area contributed by atoms with Gasteiger partial charge in [-0.25, -0.2) is 0 Å². The number of hydrogen-bond acceptors (Lipinski definition) is 1. The van der Waals surface area contributed by atoms with Crippen LogP contribution in [0.1, 0.15) is 25.3 Å². The van der Waals surface area contributed by atoms with Crippen LogP contribution in [0.25, 0.3) is 6.08 Å². The quantitative estimate of drug-likeness (QED) is 0.723. The molecule has 0 radical (unpaired) electrons. The fraction of sp³-hybridized carbons (Fsp3) is 0.273. The van der Waals surface area contributed by atoms with E-state index in [0.29, 0.717) is 5.75 Å². The molecule has 0 heterocycles. The number of rotatable bonds is 3. The Kier molecular flexibility index (Phi) is 3.39. The summed E-state index contributed by atoms with van der Waals surface area (Å²) >= 11 is 0. The monoisotopic (exact) mass is 162 g/mol. The lowest BCUT2D eigenvalue weighted by molar-refractivity contribution is 0.475. The summed E-state index contributed by atoms with van der Waals surface area (Å²) in [6.45, 7) is 2.15. The Morgan fingerprint density at radius 2 is 1.92 bits per heavy atom. The van der Waals surface area contributed by atoms with E-state index in [0.717, 1.165) is 12.0 Å². The third-order valence-electron chi connectivity index (χ3n) is 1.66. The van der Waals surface area contributed by atoms with E-state index < -0.39 is 0 Å². The van der Waals surface area contributed by atoms with Crippen molar-refractivity contribution in [3.8, 4) is 5.75 Å². The van der Waals surface area contributed by atoms with E-state index in [1.807, 2.05) is 12.1 Å². The molecule has 0 aliphatic rings. The first-order chi connectivity index (χ1) is 5.83. The lowest BCUT2D eigenvalue weighted by atomic mass is 10.2. The number of aromatic hydroxyl groups is 1. The predicted octanol–water partition coefficient (Wildman–Crippen LogP) is 3.21. The number of benzene rings is 1. The standard InChI is InChI=1S/C11H14O/c1-2-3-4-5-10-6-8-11(12)9-7-10/h4-9,12H,2-3H2,1H3/b5-4-. The lowest BCUT2D eigenvalue weighted by Gasteiger charge is -1.93. The molecule has 0 aliphatic carbocycles. The molecular formula is C11H14O. The Morgan fingerprint density at radius 3 is 2.50 bits per heavy atom. The first-order valence-corrected chi connectivity index (χ1v) is 4.28. The maximum atomic E-state index is 9.00. The summed E-state index contributed by atoms with van der Waals surface area (Å²) < 4.78 is 0. The third kappa shape index (κ3) is 2.79. The second-order valence-electron chi connectivity index (χ2n) is 2.78. The second-order valence-corrected chi connectivity index (χ2v) is 2.78. The molecular weight excluding hydrogens is 148 g/mol. The van der Waals surface area contributed by atoms with Gasteiger partial charge >= 0.3 is 0 Å². The number of phenols is 1. The van der Waals surface area contributed by atoms with Gasteiger partial charge in [0, 0.05) is 0 Å². The average Bonchev–Trinajstić information content (AvgIpc) is 2.09. The van der Waals surface area contributed by atoms with Gasteiger partial charge in [0.15, 0.2) is 0 Å². The summed E-state index contributed by atoms with van der Waals surface area (Å²) in [6.07, 6.45) is 6.50. The van der Waals surface area contributed by atoms with Gasteiger partial charge in [-0.05, 0) is 24.1 Å². The average molecular weight is 162 g/mol. The molecule has 0 atom stereocenters. The molecule has 0 aromatic heterocycles. The Hall–Kier alpha value is -1.24. The second kappa shape index (κ2) is 4.60. The highest BCUT2D eigenvalue weighted by molar-refractivity contribution is 5.50. The zero-order chi connectivity index (χ0) is 8.81. The van der Waals surface area contributed by atoms with E-state index >= 15 is 0 Å². The molecule has 0 saturated heterocycles. The van der Waals surface area contributed by atoms with Gasteiger partial charge in [-0.2, -0.15) is 0 Å². The maximum absolute atomic E-state index is 9.00. The minimum atomic E-state index is 0.322. The van der Waals surface area contributed by atoms with Crippen molar-refractivity contribution in [1.29, 1.82) is 0 Å². The molecule has 1 aromatic rings. The molecule has 1 nitrogen and oxygen atoms in total. The van der Waals surface area contributed by atoms with Gasteiger partial charge in [-0.3, -0.25) is 0 Å². The van der Waals surface area contributed by atoms with Crippen molar-refractivity contribution >= 4 is 6.08 Å². The Labute approximate surface area is 73.4 Å². The van der Waals surface area contributed by atoms with E-state index in [1.165, 1.54) is 6.42 Å². The van der Waals surface area contributed by atoms with Crippen molar-refractivity contribution in [3.05, 3.63) is 35.9 Å². The molecule has 0 bridgehead atoms. The van der Waals surface area contributed by atoms with Crippen molar-refractivity contribution in [3.63, 3.8) is 0 Å². The van der Waals surface area contributed by atoms with Gasteiger partial charge in [-0.1, -0.05) is 37.6 Å². The maximum Gasteiger partial charge on any atom is 0.115 e. The van der Waals surface area contributed by atoms with Gasteiger partial charge in [0.25, 0.3) is 0 Å². The van der Waals surface area contributed by atoms with Crippen LogP contribution in [0.3, 0.4) is 0 Å². The van der Waals surface area contributed by atoms with Crippen LogP contribution in [0.5, 0.6) is 5.75 Å². The van der Waals surface area contributed by atoms with E-state index in [1.54, 1.807) is 12.1 Å². The molecule has 0 amide bonds. The zero-order valence-corrected chi connectivity index (χ0v) is 7.33. The van der Waals surface area contributed by atoms with Crippen molar-refractivity contribution in [2.75, 3.05) is 0 Å². The zero-order valence-electron chi connectivity index (χ0n) is 7.33. The highest BCUT2D eigenvalue weighted by Gasteiger charge is 1.86. The van der Waals surface area contributed by atoms with E-state index in [4.69, 9.17) is 5.11 Å². The molecule has 1 rings (SSSR count). The van der Waals surface area contributed by atoms with Crippen LogP contribution < -0.4 is 0 Å². The summed E-state index contributed by atoms with van der Waals surface area (Å²) in [6, 6.07) is 7.21. The number of phenolic OH excluding ortho intramolecular Hbond substituents is 1. The first-order valence-electron chi connectivity index (χ1n) is 4.28. The summed E-state index contributed by atoms with van der Waals surface area (Å²) in [4.78, 5) is 0. The highest BCUT2D eigenvalue weighted by atomic mass is 16.3. The van der Waals surface area contributed by atoms with Crippen molar-refractivity contribution in [2.45, 2.75) is 19.8 Å². The van der Waals surface area contributed by atoms with E-state index in [-0.39, 0.29) is 0 Å². The van der Waals surface area contributed by atoms with Crippen molar-refractivity contribution in [2.24, 2.45) is 0 Å². The molecule has 0 spiro atoms. The molecule has 1 N–H and O–H groups in total. The Bertz CT molecular complexity index is 246. The first kappa shape index (κ1) is 8.85. The van der Waals surface area contributed by atoms with Gasteiger partial charge in [-0.15, -0.1) is 0 Å². The number of unbranched alkanes of at least 4 members (excludes halogenated alkanes) is 1. The summed E-state index contributed by atoms with van der Waals surface area (Å²) in [5.41, 5.74) is 1.14. The topological polar surface area (TPSA) is 20.2 Å².